The summed E-state index contributed by atoms with van der Waals surface area (Å²) in [6, 6.07) is 6.02. The molecule has 17 heavy (non-hydrogen) atoms. The van der Waals surface area contributed by atoms with Gasteiger partial charge in [-0.3, -0.25) is 4.90 Å². The minimum Gasteiger partial charge on any atom is -0.373 e. The summed E-state index contributed by atoms with van der Waals surface area (Å²) in [6.07, 6.45) is 0.500. The van der Waals surface area contributed by atoms with Crippen LogP contribution < -0.4 is 5.32 Å². The van der Waals surface area contributed by atoms with E-state index in [9.17, 15) is 0 Å². The number of halogens is 1. The number of nitriles is 1. The van der Waals surface area contributed by atoms with Crippen LogP contribution in [0.15, 0.2) is 12.1 Å². The molecule has 0 aliphatic carbocycles. The van der Waals surface area contributed by atoms with Crippen molar-refractivity contribution in [1.29, 1.82) is 5.26 Å². The summed E-state index contributed by atoms with van der Waals surface area (Å²) in [6.45, 7) is 2.65. The first-order chi connectivity index (χ1) is 8.08. The third-order valence-corrected chi connectivity index (χ3v) is 3.06. The Kier molecular flexibility index (Phi) is 5.20. The molecule has 4 nitrogen and oxygen atoms in total. The van der Waals surface area contributed by atoms with Gasteiger partial charge >= 0.3 is 0 Å². The molecule has 0 aliphatic rings. The van der Waals surface area contributed by atoms with Crippen LogP contribution in [-0.4, -0.2) is 30.0 Å². The monoisotopic (exact) mass is 252 g/mol. The molecule has 92 valence electrons. The molecule has 1 aromatic rings. The molecule has 1 aromatic heterocycles. The Morgan fingerprint density at radius 3 is 2.88 bits per heavy atom. The van der Waals surface area contributed by atoms with E-state index in [0.29, 0.717) is 18.0 Å². The topological polar surface area (TPSA) is 52.0 Å². The number of hydrogen-bond acceptors (Lipinski definition) is 4. The van der Waals surface area contributed by atoms with Crippen molar-refractivity contribution in [3.63, 3.8) is 0 Å². The Morgan fingerprint density at radius 1 is 1.59 bits per heavy atom. The molecule has 1 heterocycles. The number of aromatic nitrogens is 1. The van der Waals surface area contributed by atoms with Crippen molar-refractivity contribution in [1.82, 2.24) is 9.88 Å². The minimum absolute atomic E-state index is 0.191. The second-order valence-electron chi connectivity index (χ2n) is 4.00. The fourth-order valence-electron chi connectivity index (χ4n) is 1.41. The standard InChI is InChI=1S/C12H17ClN4/c1-9(6-7-14)17(3)8-11-10(13)4-5-12(15-2)16-11/h4-5,9H,6,8H2,1-3H3,(H,15,16). The Morgan fingerprint density at radius 2 is 2.29 bits per heavy atom. The van der Waals surface area contributed by atoms with Crippen LogP contribution in [0.2, 0.25) is 5.02 Å². The SMILES string of the molecule is CNc1ccc(Cl)c(CN(C)C(C)CC#N)n1. The predicted octanol–water partition coefficient (Wildman–Crippen LogP) is 2.51. The van der Waals surface area contributed by atoms with Crippen molar-refractivity contribution in [2.45, 2.75) is 25.9 Å². The van der Waals surface area contributed by atoms with Crippen LogP contribution in [-0.2, 0) is 6.54 Å². The Labute approximate surface area is 107 Å². The van der Waals surface area contributed by atoms with Crippen LogP contribution in [0.25, 0.3) is 0 Å². The lowest BCUT2D eigenvalue weighted by atomic mass is 10.2. The van der Waals surface area contributed by atoms with Gasteiger partial charge in [0.2, 0.25) is 0 Å². The zero-order valence-corrected chi connectivity index (χ0v) is 11.1. The minimum atomic E-state index is 0.191. The van der Waals surface area contributed by atoms with Gasteiger partial charge < -0.3 is 5.32 Å². The number of hydrogen-bond donors (Lipinski definition) is 1. The van der Waals surface area contributed by atoms with Crippen molar-refractivity contribution in [2.75, 3.05) is 19.4 Å². The maximum Gasteiger partial charge on any atom is 0.126 e. The summed E-state index contributed by atoms with van der Waals surface area (Å²) in [7, 11) is 3.79. The van der Waals surface area contributed by atoms with E-state index in [-0.39, 0.29) is 6.04 Å². The maximum atomic E-state index is 8.66. The highest BCUT2D eigenvalue weighted by atomic mass is 35.5. The molecule has 0 bridgehead atoms. The van der Waals surface area contributed by atoms with E-state index in [1.807, 2.05) is 33.2 Å². The maximum absolute atomic E-state index is 8.66. The molecule has 0 radical (unpaired) electrons. The average Bonchev–Trinajstić information content (AvgIpc) is 2.32. The first-order valence-corrected chi connectivity index (χ1v) is 5.86. The number of pyridine rings is 1. The van der Waals surface area contributed by atoms with Crippen LogP contribution in [0.4, 0.5) is 5.82 Å². The summed E-state index contributed by atoms with van der Waals surface area (Å²) < 4.78 is 0. The van der Waals surface area contributed by atoms with Crippen molar-refractivity contribution in [3.8, 4) is 6.07 Å². The van der Waals surface area contributed by atoms with E-state index in [0.717, 1.165) is 11.5 Å². The van der Waals surface area contributed by atoms with Crippen molar-refractivity contribution in [3.05, 3.63) is 22.8 Å². The zero-order chi connectivity index (χ0) is 12.8. The predicted molar refractivity (Wildman–Crippen MR) is 70.0 cm³/mol. The van der Waals surface area contributed by atoms with Gasteiger partial charge in [0.15, 0.2) is 0 Å². The third kappa shape index (κ3) is 3.88. The lowest BCUT2D eigenvalue weighted by Gasteiger charge is -2.22. The van der Waals surface area contributed by atoms with E-state index in [4.69, 9.17) is 16.9 Å². The molecule has 1 atom stereocenters. The first-order valence-electron chi connectivity index (χ1n) is 5.48. The summed E-state index contributed by atoms with van der Waals surface area (Å²) in [5, 5.41) is 12.3. The fourth-order valence-corrected chi connectivity index (χ4v) is 1.58. The highest BCUT2D eigenvalue weighted by molar-refractivity contribution is 6.31. The lowest BCUT2D eigenvalue weighted by molar-refractivity contribution is 0.250. The Bertz CT molecular complexity index is 413. The molecule has 0 aromatic carbocycles. The molecule has 1 unspecified atom stereocenters. The molecule has 0 fully saturated rings. The van der Waals surface area contributed by atoms with Gasteiger partial charge in [0.1, 0.15) is 5.82 Å². The number of anilines is 1. The molecule has 1 N–H and O–H groups in total. The first kappa shape index (κ1) is 13.8. The van der Waals surface area contributed by atoms with Crippen LogP contribution >= 0.6 is 11.6 Å². The molecule has 5 heteroatoms. The van der Waals surface area contributed by atoms with E-state index in [2.05, 4.69) is 21.3 Å². The summed E-state index contributed by atoms with van der Waals surface area (Å²) in [4.78, 5) is 6.47. The molecule has 0 spiro atoms. The Hall–Kier alpha value is -1.31. The van der Waals surface area contributed by atoms with E-state index in [1.165, 1.54) is 0 Å². The quantitative estimate of drug-likeness (QED) is 0.875. The molecule has 0 saturated heterocycles. The molecular formula is C12H17ClN4. The molecule has 0 aliphatic heterocycles. The summed E-state index contributed by atoms with van der Waals surface area (Å²) in [5.41, 5.74) is 0.825. The van der Waals surface area contributed by atoms with Gasteiger partial charge in [-0.2, -0.15) is 5.26 Å². The molecular weight excluding hydrogens is 236 g/mol. The number of nitrogens with zero attached hydrogens (tertiary/aromatic N) is 3. The summed E-state index contributed by atoms with van der Waals surface area (Å²) >= 11 is 6.10. The second kappa shape index (κ2) is 6.43. The van der Waals surface area contributed by atoms with Crippen LogP contribution in [0.3, 0.4) is 0 Å². The highest BCUT2D eigenvalue weighted by Crippen LogP contribution is 2.18. The highest BCUT2D eigenvalue weighted by Gasteiger charge is 2.12. The average molecular weight is 253 g/mol. The van der Waals surface area contributed by atoms with Gasteiger partial charge in [-0.05, 0) is 26.1 Å². The smallest absolute Gasteiger partial charge is 0.126 e. The Balaban J connectivity index is 2.77. The number of rotatable bonds is 5. The molecule has 0 saturated carbocycles. The zero-order valence-electron chi connectivity index (χ0n) is 10.4. The van der Waals surface area contributed by atoms with Gasteiger partial charge in [0.05, 0.1) is 23.2 Å². The van der Waals surface area contributed by atoms with Crippen LogP contribution in [0, 0.1) is 11.3 Å². The van der Waals surface area contributed by atoms with Gasteiger partial charge in [0, 0.05) is 19.6 Å². The van der Waals surface area contributed by atoms with Gasteiger partial charge in [-0.1, -0.05) is 11.6 Å². The van der Waals surface area contributed by atoms with E-state index in [1.54, 1.807) is 0 Å². The van der Waals surface area contributed by atoms with Gasteiger partial charge in [0.25, 0.3) is 0 Å². The fraction of sp³-hybridized carbons (Fsp3) is 0.500. The van der Waals surface area contributed by atoms with Crippen LogP contribution in [0.5, 0.6) is 0 Å². The second-order valence-corrected chi connectivity index (χ2v) is 4.41. The molecule has 1 rings (SSSR count). The van der Waals surface area contributed by atoms with E-state index < -0.39 is 0 Å². The largest absolute Gasteiger partial charge is 0.373 e. The van der Waals surface area contributed by atoms with E-state index >= 15 is 0 Å². The van der Waals surface area contributed by atoms with Gasteiger partial charge in [-0.15, -0.1) is 0 Å². The summed E-state index contributed by atoms with van der Waals surface area (Å²) in [5.74, 6) is 0.797. The van der Waals surface area contributed by atoms with Crippen molar-refractivity contribution < 1.29 is 0 Å². The third-order valence-electron chi connectivity index (χ3n) is 2.71. The van der Waals surface area contributed by atoms with Crippen molar-refractivity contribution >= 4 is 17.4 Å². The number of nitrogens with one attached hydrogen (secondary N) is 1. The van der Waals surface area contributed by atoms with Crippen molar-refractivity contribution in [2.24, 2.45) is 0 Å². The van der Waals surface area contributed by atoms with Crippen LogP contribution in [0.1, 0.15) is 19.0 Å². The van der Waals surface area contributed by atoms with Gasteiger partial charge in [-0.25, -0.2) is 4.98 Å². The normalized spacial score (nSPS) is 12.2. The lowest BCUT2D eigenvalue weighted by Crippen LogP contribution is -2.28. The molecule has 0 amide bonds.